The van der Waals surface area contributed by atoms with Crippen LogP contribution < -0.4 is 5.32 Å². The molecule has 12 heteroatoms. The van der Waals surface area contributed by atoms with E-state index in [4.69, 9.17) is 13.7 Å². The molecule has 3 aromatic rings. The first kappa shape index (κ1) is 32.8. The highest BCUT2D eigenvalue weighted by Gasteiger charge is 2.55. The van der Waals surface area contributed by atoms with Crippen molar-refractivity contribution in [2.45, 2.75) is 55.7 Å². The smallest absolute Gasteiger partial charge is 0.408 e. The maximum absolute atomic E-state index is 14.0. The lowest BCUT2D eigenvalue weighted by atomic mass is 10.0. The topological polar surface area (TPSA) is 128 Å². The van der Waals surface area contributed by atoms with Crippen LogP contribution in [-0.4, -0.2) is 54.1 Å². The maximum atomic E-state index is 14.0. The van der Waals surface area contributed by atoms with E-state index in [2.05, 4.69) is 5.32 Å². The molecule has 10 nitrogen and oxygen atoms in total. The van der Waals surface area contributed by atoms with Crippen LogP contribution in [-0.2, 0) is 33.4 Å². The molecule has 2 amide bonds. The molecule has 0 spiro atoms. The molecule has 240 valence electrons. The van der Waals surface area contributed by atoms with Crippen molar-refractivity contribution in [1.82, 2.24) is 10.2 Å². The van der Waals surface area contributed by atoms with Crippen molar-refractivity contribution in [1.29, 1.82) is 0 Å². The van der Waals surface area contributed by atoms with Crippen molar-refractivity contribution in [2.24, 2.45) is 0 Å². The number of esters is 1. The zero-order chi connectivity index (χ0) is 33.1. The Balaban J connectivity index is 1.46. The number of aryl methyl sites for hydroxylation is 1. The fourth-order valence-corrected chi connectivity index (χ4v) is 6.99. The molecule has 2 aliphatic heterocycles. The van der Waals surface area contributed by atoms with Gasteiger partial charge < -0.3 is 19.0 Å². The van der Waals surface area contributed by atoms with Crippen molar-refractivity contribution in [2.75, 3.05) is 5.75 Å². The predicted molar refractivity (Wildman–Crippen MR) is 173 cm³/mol. The van der Waals surface area contributed by atoms with Crippen molar-refractivity contribution < 1.29 is 36.5 Å². The van der Waals surface area contributed by atoms with E-state index in [0.29, 0.717) is 16.7 Å². The first-order valence-electron chi connectivity index (χ1n) is 14.5. The number of alkyl carbamates (subject to hydrolysis) is 1. The van der Waals surface area contributed by atoms with Crippen molar-refractivity contribution in [3.8, 4) is 0 Å². The lowest BCUT2D eigenvalue weighted by Gasteiger charge is -2.49. The average Bonchev–Trinajstić information content (AvgIpc) is 3.02. The largest absolute Gasteiger partial charge is 0.448 e. The number of nitrogens with one attached hydrogen (secondary N) is 1. The molecule has 3 aromatic carbocycles. The number of fused-ring (bicyclic) bond motifs is 1. The molecule has 5 rings (SSSR count). The van der Waals surface area contributed by atoms with Gasteiger partial charge in [0.1, 0.15) is 33.9 Å². The lowest BCUT2D eigenvalue weighted by molar-refractivity contribution is -0.153. The van der Waals surface area contributed by atoms with E-state index in [9.17, 15) is 22.8 Å². The second-order valence-corrected chi connectivity index (χ2v) is 14.4. The molecule has 1 fully saturated rings. The maximum Gasteiger partial charge on any atom is 0.408 e. The van der Waals surface area contributed by atoms with Crippen LogP contribution in [0.3, 0.4) is 0 Å². The highest BCUT2D eigenvalue weighted by Crippen LogP contribution is 2.42. The summed E-state index contributed by atoms with van der Waals surface area (Å²) in [5.74, 6) is -1.14. The van der Waals surface area contributed by atoms with E-state index in [0.717, 1.165) is 11.8 Å². The first-order valence-corrected chi connectivity index (χ1v) is 16.9. The number of ether oxygens (including phenoxy) is 2. The minimum atomic E-state index is -4.14. The Morgan fingerprint density at radius 2 is 1.54 bits per heavy atom. The fourth-order valence-electron chi connectivity index (χ4n) is 4.89. The summed E-state index contributed by atoms with van der Waals surface area (Å²) in [6.45, 7) is 6.97. The Labute approximate surface area is 272 Å². The Morgan fingerprint density at radius 1 is 0.957 bits per heavy atom. The van der Waals surface area contributed by atoms with Crippen LogP contribution in [0.4, 0.5) is 4.79 Å². The van der Waals surface area contributed by atoms with Gasteiger partial charge in [0, 0.05) is 5.75 Å². The molecule has 0 saturated carbocycles. The third-order valence-electron chi connectivity index (χ3n) is 7.05. The number of benzene rings is 3. The van der Waals surface area contributed by atoms with Gasteiger partial charge in [0.05, 0.1) is 0 Å². The van der Waals surface area contributed by atoms with E-state index >= 15 is 0 Å². The summed E-state index contributed by atoms with van der Waals surface area (Å²) >= 11 is 1.29. The quantitative estimate of drug-likeness (QED) is 0.135. The van der Waals surface area contributed by atoms with Gasteiger partial charge in [-0.25, -0.2) is 9.59 Å². The number of thioether (sulfide) groups is 1. The molecule has 1 N–H and O–H groups in total. The van der Waals surface area contributed by atoms with Gasteiger partial charge in [-0.15, -0.1) is 11.8 Å². The first-order chi connectivity index (χ1) is 21.8. The number of allylic oxidation sites excluding steroid dienone is 1. The van der Waals surface area contributed by atoms with Gasteiger partial charge >= 0.3 is 22.2 Å². The number of amides is 2. The molecule has 0 bridgehead atoms. The zero-order valence-corrected chi connectivity index (χ0v) is 27.3. The van der Waals surface area contributed by atoms with Crippen LogP contribution >= 0.6 is 11.8 Å². The van der Waals surface area contributed by atoms with Crippen LogP contribution in [0.5, 0.6) is 0 Å². The number of hydrogen-bond acceptors (Lipinski definition) is 9. The molecule has 0 radical (unpaired) electrons. The normalized spacial score (nSPS) is 18.2. The summed E-state index contributed by atoms with van der Waals surface area (Å²) in [4.78, 5) is 41.2. The Morgan fingerprint density at radius 3 is 2.11 bits per heavy atom. The van der Waals surface area contributed by atoms with Crippen LogP contribution in [0.1, 0.15) is 43.6 Å². The van der Waals surface area contributed by atoms with Gasteiger partial charge in [0.25, 0.3) is 5.91 Å². The number of β-lactam (4-membered cyclic amide) rings is 1. The number of carbonyl (C=O) groups excluding carboxylic acids is 3. The Bertz CT molecular complexity index is 1730. The van der Waals surface area contributed by atoms with Crippen LogP contribution in [0.25, 0.3) is 0 Å². The monoisotopic (exact) mass is 662 g/mol. The van der Waals surface area contributed by atoms with E-state index in [1.807, 2.05) is 67.6 Å². The highest BCUT2D eigenvalue weighted by atomic mass is 32.2. The summed E-state index contributed by atoms with van der Waals surface area (Å²) in [6, 6.07) is 23.6. The highest BCUT2D eigenvalue weighted by molar-refractivity contribution is 8.00. The molecule has 2 heterocycles. The summed E-state index contributed by atoms with van der Waals surface area (Å²) in [5.41, 5.74) is 1.79. The molecule has 2 unspecified atom stereocenters. The van der Waals surface area contributed by atoms with E-state index in [1.165, 1.54) is 34.9 Å². The second kappa shape index (κ2) is 13.4. The fraction of sp³-hybridized carbons (Fsp3) is 0.265. The molecule has 2 atom stereocenters. The number of carbonyl (C=O) groups is 3. The summed E-state index contributed by atoms with van der Waals surface area (Å²) in [7, 11) is -4.14. The van der Waals surface area contributed by atoms with Gasteiger partial charge in [-0.05, 0) is 62.6 Å². The van der Waals surface area contributed by atoms with Gasteiger partial charge in [-0.2, -0.15) is 8.42 Å². The predicted octanol–water partition coefficient (Wildman–Crippen LogP) is 5.61. The van der Waals surface area contributed by atoms with Crippen LogP contribution in [0.15, 0.2) is 113 Å². The van der Waals surface area contributed by atoms with Gasteiger partial charge in [-0.1, -0.05) is 78.4 Å². The second-order valence-electron chi connectivity index (χ2n) is 11.7. The molecular weight excluding hydrogens is 629 g/mol. The van der Waals surface area contributed by atoms with Gasteiger partial charge in [-0.3, -0.25) is 9.69 Å². The molecule has 1 saturated heterocycles. The summed E-state index contributed by atoms with van der Waals surface area (Å²) < 4.78 is 42.1. The van der Waals surface area contributed by atoms with Gasteiger partial charge in [0.2, 0.25) is 0 Å². The van der Waals surface area contributed by atoms with Gasteiger partial charge in [0.15, 0.2) is 6.10 Å². The number of nitrogens with zero attached hydrogens (tertiary/aromatic N) is 1. The van der Waals surface area contributed by atoms with Crippen LogP contribution in [0.2, 0.25) is 0 Å². The lowest BCUT2D eigenvalue weighted by Crippen LogP contribution is -2.70. The minimum absolute atomic E-state index is 0.0306. The van der Waals surface area contributed by atoms with Crippen molar-refractivity contribution in [3.05, 3.63) is 125 Å². The van der Waals surface area contributed by atoms with E-state index in [-0.39, 0.29) is 16.3 Å². The molecule has 2 aliphatic rings. The SMILES string of the molecule is Cc1ccc(S(=O)(=O)O/C=C/C2=C(C(=O)OC(c3ccccc3)c3ccccc3)N3C(=O)C(NC(=O)OC(C)(C)C)C3SC2)cc1. The van der Waals surface area contributed by atoms with E-state index in [1.54, 1.807) is 32.9 Å². The molecule has 46 heavy (non-hydrogen) atoms. The Hall–Kier alpha value is -4.55. The number of hydrogen-bond donors (Lipinski definition) is 1. The zero-order valence-electron chi connectivity index (χ0n) is 25.7. The minimum Gasteiger partial charge on any atom is -0.448 e. The summed E-state index contributed by atoms with van der Waals surface area (Å²) in [5, 5.41) is 1.98. The molecule has 0 aliphatic carbocycles. The van der Waals surface area contributed by atoms with E-state index < -0.39 is 51.2 Å². The third-order valence-corrected chi connectivity index (χ3v) is 9.57. The standard InChI is InChI=1S/C34H34N2O8S2/c1-22-15-17-26(18-16-22)46(40,41)42-20-19-25-21-45-31-27(35-33(39)44-34(2,3)4)30(37)36(31)28(25)32(38)43-29(23-11-7-5-8-12-23)24-13-9-6-10-14-24/h5-20,27,29,31H,21H2,1-4H3,(H,35,39)/b20-19+. The average molecular weight is 663 g/mol. The Kier molecular flexibility index (Phi) is 9.59. The summed E-state index contributed by atoms with van der Waals surface area (Å²) in [6.07, 6.45) is 0.761. The van der Waals surface area contributed by atoms with Crippen molar-refractivity contribution in [3.63, 3.8) is 0 Å². The van der Waals surface area contributed by atoms with Crippen molar-refractivity contribution >= 4 is 39.8 Å². The number of rotatable bonds is 9. The van der Waals surface area contributed by atoms with Crippen LogP contribution in [0, 0.1) is 6.92 Å². The molecule has 0 aromatic heterocycles. The molecular formula is C34H34N2O8S2. The third kappa shape index (κ3) is 7.45.